The minimum atomic E-state index is 0.755. The molecule has 4 aromatic rings. The van der Waals surface area contributed by atoms with Gasteiger partial charge in [-0.05, 0) is 44.0 Å². The highest BCUT2D eigenvalue weighted by molar-refractivity contribution is 7.23. The number of nitrogens with zero attached hydrogens (tertiary/aromatic N) is 2. The van der Waals surface area contributed by atoms with Gasteiger partial charge in [-0.3, -0.25) is 4.40 Å². The molecule has 0 aliphatic rings. The zero-order valence-corrected chi connectivity index (χ0v) is 15.0. The standard InChI is InChI=1S/C20H20N2OS/c1-4-9-23-15-6-8-18-19(11-15)24-20-21-17(12-22(18)20)16-7-5-13(2)10-14(16)3/h5-8,10-12H,4,9H2,1-3H3. The first-order valence-electron chi connectivity index (χ1n) is 8.28. The molecular weight excluding hydrogens is 316 g/mol. The minimum Gasteiger partial charge on any atom is -0.494 e. The van der Waals surface area contributed by atoms with Gasteiger partial charge in [0.2, 0.25) is 0 Å². The second kappa shape index (κ2) is 5.95. The molecule has 122 valence electrons. The molecule has 0 aliphatic carbocycles. The van der Waals surface area contributed by atoms with Crippen LogP contribution in [0.4, 0.5) is 0 Å². The van der Waals surface area contributed by atoms with Crippen molar-refractivity contribution >= 4 is 26.5 Å². The highest BCUT2D eigenvalue weighted by Crippen LogP contribution is 2.32. The number of ether oxygens (including phenoxy) is 1. The molecule has 24 heavy (non-hydrogen) atoms. The van der Waals surface area contributed by atoms with Crippen molar-refractivity contribution in [3.05, 3.63) is 53.7 Å². The number of hydrogen-bond acceptors (Lipinski definition) is 3. The van der Waals surface area contributed by atoms with E-state index in [0.29, 0.717) is 0 Å². The second-order valence-electron chi connectivity index (χ2n) is 6.18. The van der Waals surface area contributed by atoms with Crippen molar-refractivity contribution < 1.29 is 4.74 Å². The van der Waals surface area contributed by atoms with E-state index < -0.39 is 0 Å². The normalized spacial score (nSPS) is 11.5. The maximum Gasteiger partial charge on any atom is 0.195 e. The Morgan fingerprint density at radius 1 is 1.12 bits per heavy atom. The summed E-state index contributed by atoms with van der Waals surface area (Å²) in [5, 5.41) is 0. The van der Waals surface area contributed by atoms with Crippen molar-refractivity contribution in [1.29, 1.82) is 0 Å². The van der Waals surface area contributed by atoms with Gasteiger partial charge in [0.15, 0.2) is 4.96 Å². The number of thiazole rings is 1. The zero-order valence-electron chi connectivity index (χ0n) is 14.2. The SMILES string of the molecule is CCCOc1ccc2c(c1)sc1nc(-c3ccc(C)cc3C)cn12. The average molecular weight is 336 g/mol. The molecule has 0 N–H and O–H groups in total. The fourth-order valence-corrected chi connectivity index (χ4v) is 4.06. The summed E-state index contributed by atoms with van der Waals surface area (Å²) in [6.07, 6.45) is 3.16. The van der Waals surface area contributed by atoms with E-state index in [1.807, 2.05) is 6.07 Å². The molecule has 0 aliphatic heterocycles. The van der Waals surface area contributed by atoms with Gasteiger partial charge in [-0.1, -0.05) is 42.0 Å². The van der Waals surface area contributed by atoms with Gasteiger partial charge in [0.1, 0.15) is 5.75 Å². The van der Waals surface area contributed by atoms with E-state index in [2.05, 4.69) is 61.7 Å². The molecule has 0 spiro atoms. The van der Waals surface area contributed by atoms with E-state index >= 15 is 0 Å². The van der Waals surface area contributed by atoms with E-state index in [-0.39, 0.29) is 0 Å². The zero-order chi connectivity index (χ0) is 16.7. The summed E-state index contributed by atoms with van der Waals surface area (Å²) in [6.45, 7) is 7.14. The molecule has 4 heteroatoms. The smallest absolute Gasteiger partial charge is 0.195 e. The summed E-state index contributed by atoms with van der Waals surface area (Å²) < 4.78 is 9.12. The Balaban J connectivity index is 1.78. The number of aromatic nitrogens is 2. The predicted molar refractivity (Wildman–Crippen MR) is 101 cm³/mol. The highest BCUT2D eigenvalue weighted by atomic mass is 32.1. The molecule has 0 fully saturated rings. The largest absolute Gasteiger partial charge is 0.494 e. The summed E-state index contributed by atoms with van der Waals surface area (Å²) >= 11 is 1.71. The predicted octanol–water partition coefficient (Wildman–Crippen LogP) is 5.62. The minimum absolute atomic E-state index is 0.755. The monoisotopic (exact) mass is 336 g/mol. The lowest BCUT2D eigenvalue weighted by molar-refractivity contribution is 0.318. The summed E-state index contributed by atoms with van der Waals surface area (Å²) in [5.41, 5.74) is 5.96. The van der Waals surface area contributed by atoms with Crippen molar-refractivity contribution in [2.75, 3.05) is 6.61 Å². The lowest BCUT2D eigenvalue weighted by atomic mass is 10.0. The molecule has 2 aromatic heterocycles. The molecule has 0 bridgehead atoms. The number of hydrogen-bond donors (Lipinski definition) is 0. The summed E-state index contributed by atoms with van der Waals surface area (Å²) in [5.74, 6) is 0.934. The van der Waals surface area contributed by atoms with Crippen molar-refractivity contribution in [2.24, 2.45) is 0 Å². The van der Waals surface area contributed by atoms with Gasteiger partial charge in [-0.2, -0.15) is 0 Å². The molecule has 0 radical (unpaired) electrons. The molecule has 0 amide bonds. The van der Waals surface area contributed by atoms with Gasteiger partial charge >= 0.3 is 0 Å². The Hall–Kier alpha value is -2.33. The van der Waals surface area contributed by atoms with Crippen LogP contribution in [0, 0.1) is 13.8 Å². The number of rotatable bonds is 4. The van der Waals surface area contributed by atoms with Crippen LogP contribution in [0.3, 0.4) is 0 Å². The number of benzene rings is 2. The Kier molecular flexibility index (Phi) is 3.77. The average Bonchev–Trinajstić information content (AvgIpc) is 3.10. The molecule has 0 saturated heterocycles. The van der Waals surface area contributed by atoms with Gasteiger partial charge < -0.3 is 4.74 Å². The maximum atomic E-state index is 5.73. The molecular formula is C20H20N2OS. The van der Waals surface area contributed by atoms with E-state index in [0.717, 1.165) is 29.4 Å². The third kappa shape index (κ3) is 2.57. The molecule has 0 saturated carbocycles. The second-order valence-corrected chi connectivity index (χ2v) is 7.19. The van der Waals surface area contributed by atoms with Crippen LogP contribution in [0.2, 0.25) is 0 Å². The first-order valence-corrected chi connectivity index (χ1v) is 9.09. The van der Waals surface area contributed by atoms with E-state index in [1.165, 1.54) is 26.9 Å². The number of fused-ring (bicyclic) bond motifs is 3. The lowest BCUT2D eigenvalue weighted by Gasteiger charge is -2.04. The van der Waals surface area contributed by atoms with Gasteiger partial charge in [0.25, 0.3) is 0 Å². The maximum absolute atomic E-state index is 5.73. The lowest BCUT2D eigenvalue weighted by Crippen LogP contribution is -1.94. The molecule has 2 aromatic carbocycles. The summed E-state index contributed by atoms with van der Waals surface area (Å²) in [6, 6.07) is 12.8. The Morgan fingerprint density at radius 3 is 2.79 bits per heavy atom. The number of aryl methyl sites for hydroxylation is 2. The fraction of sp³-hybridized carbons (Fsp3) is 0.250. The number of imidazole rings is 1. The first-order chi connectivity index (χ1) is 11.7. The Bertz CT molecular complexity index is 1030. The van der Waals surface area contributed by atoms with E-state index in [9.17, 15) is 0 Å². The van der Waals surface area contributed by atoms with Crippen LogP contribution in [-0.4, -0.2) is 16.0 Å². The van der Waals surface area contributed by atoms with Crippen LogP contribution in [0.1, 0.15) is 24.5 Å². The van der Waals surface area contributed by atoms with Crippen LogP contribution in [0.15, 0.2) is 42.6 Å². The fourth-order valence-electron chi connectivity index (χ4n) is 3.02. The van der Waals surface area contributed by atoms with E-state index in [4.69, 9.17) is 9.72 Å². The van der Waals surface area contributed by atoms with Gasteiger partial charge in [0.05, 0.1) is 22.5 Å². The highest BCUT2D eigenvalue weighted by Gasteiger charge is 2.12. The summed E-state index contributed by atoms with van der Waals surface area (Å²) in [4.78, 5) is 5.86. The van der Waals surface area contributed by atoms with Crippen molar-refractivity contribution in [2.45, 2.75) is 27.2 Å². The van der Waals surface area contributed by atoms with Crippen LogP contribution in [-0.2, 0) is 0 Å². The molecule has 2 heterocycles. The summed E-state index contributed by atoms with van der Waals surface area (Å²) in [7, 11) is 0. The molecule has 0 atom stereocenters. The van der Waals surface area contributed by atoms with Crippen LogP contribution in [0.5, 0.6) is 5.75 Å². The first kappa shape index (κ1) is 15.2. The molecule has 3 nitrogen and oxygen atoms in total. The van der Waals surface area contributed by atoms with Crippen molar-refractivity contribution in [3.63, 3.8) is 0 Å². The molecule has 4 rings (SSSR count). The van der Waals surface area contributed by atoms with E-state index in [1.54, 1.807) is 11.3 Å². The van der Waals surface area contributed by atoms with Crippen LogP contribution < -0.4 is 4.74 Å². The molecule has 0 unspecified atom stereocenters. The third-order valence-electron chi connectivity index (χ3n) is 4.20. The van der Waals surface area contributed by atoms with Gasteiger partial charge in [0, 0.05) is 11.8 Å². The Labute approximate surface area is 145 Å². The van der Waals surface area contributed by atoms with Crippen molar-refractivity contribution in [1.82, 2.24) is 9.38 Å². The van der Waals surface area contributed by atoms with Crippen LogP contribution in [0.25, 0.3) is 26.4 Å². The van der Waals surface area contributed by atoms with Crippen molar-refractivity contribution in [3.8, 4) is 17.0 Å². The third-order valence-corrected chi connectivity index (χ3v) is 5.21. The Morgan fingerprint density at radius 2 is 2.00 bits per heavy atom. The van der Waals surface area contributed by atoms with Gasteiger partial charge in [-0.25, -0.2) is 4.98 Å². The topological polar surface area (TPSA) is 26.5 Å². The quantitative estimate of drug-likeness (QED) is 0.483. The van der Waals surface area contributed by atoms with Gasteiger partial charge in [-0.15, -0.1) is 0 Å². The van der Waals surface area contributed by atoms with Crippen LogP contribution >= 0.6 is 11.3 Å².